The van der Waals surface area contributed by atoms with E-state index in [4.69, 9.17) is 17.3 Å². The van der Waals surface area contributed by atoms with Crippen LogP contribution in [0, 0.1) is 0 Å². The van der Waals surface area contributed by atoms with Gasteiger partial charge in [-0.15, -0.1) is 0 Å². The maximum atomic E-state index is 6.10. The van der Waals surface area contributed by atoms with Crippen LogP contribution in [0.15, 0.2) is 22.7 Å². The first-order valence-electron chi connectivity index (χ1n) is 5.53. The molecule has 0 radical (unpaired) electrons. The topological polar surface area (TPSA) is 29.3 Å². The minimum Gasteiger partial charge on any atom is -0.329 e. The molecule has 0 aliphatic rings. The summed E-state index contributed by atoms with van der Waals surface area (Å²) >= 11 is 9.49. The molecule has 0 fully saturated rings. The lowest BCUT2D eigenvalue weighted by molar-refractivity contribution is 0.224. The molecule has 1 aromatic carbocycles. The largest absolute Gasteiger partial charge is 0.329 e. The van der Waals surface area contributed by atoms with Crippen LogP contribution < -0.4 is 5.73 Å². The zero-order valence-corrected chi connectivity index (χ0v) is 12.1. The molecule has 0 saturated heterocycles. The molecule has 2 nitrogen and oxygen atoms in total. The Bertz CT molecular complexity index is 340. The lowest BCUT2D eigenvalue weighted by atomic mass is 10.1. The van der Waals surface area contributed by atoms with Crippen molar-refractivity contribution in [2.45, 2.75) is 19.9 Å². The molecule has 0 amide bonds. The maximum Gasteiger partial charge on any atom is 0.0551 e. The number of halogens is 2. The van der Waals surface area contributed by atoms with Crippen LogP contribution in [-0.4, -0.2) is 24.5 Å². The highest BCUT2D eigenvalue weighted by atomic mass is 79.9. The van der Waals surface area contributed by atoms with E-state index in [2.05, 4.69) is 40.7 Å². The van der Waals surface area contributed by atoms with E-state index in [9.17, 15) is 0 Å². The Morgan fingerprint density at radius 2 is 2.00 bits per heavy atom. The first kappa shape index (κ1) is 14.0. The Morgan fingerprint density at radius 3 is 2.44 bits per heavy atom. The Hall–Kier alpha value is -0.0900. The van der Waals surface area contributed by atoms with E-state index >= 15 is 0 Å². The predicted octanol–water partition coefficient (Wildman–Crippen LogP) is 3.44. The molecule has 1 atom stereocenters. The summed E-state index contributed by atoms with van der Waals surface area (Å²) in [6.07, 6.45) is 0. The molecule has 90 valence electrons. The van der Waals surface area contributed by atoms with Crippen LogP contribution in [0.4, 0.5) is 0 Å². The van der Waals surface area contributed by atoms with Gasteiger partial charge in [0.1, 0.15) is 0 Å². The van der Waals surface area contributed by atoms with Gasteiger partial charge in [0.05, 0.1) is 5.02 Å². The highest BCUT2D eigenvalue weighted by Gasteiger charge is 2.16. The highest BCUT2D eigenvalue weighted by Crippen LogP contribution is 2.28. The second-order valence-electron chi connectivity index (χ2n) is 3.65. The average molecular weight is 306 g/mol. The Kier molecular flexibility index (Phi) is 5.76. The number of nitrogens with zero attached hydrogens (tertiary/aromatic N) is 1. The molecule has 0 saturated carbocycles. The van der Waals surface area contributed by atoms with E-state index < -0.39 is 0 Å². The van der Waals surface area contributed by atoms with Gasteiger partial charge in [-0.3, -0.25) is 4.90 Å². The summed E-state index contributed by atoms with van der Waals surface area (Å²) in [6, 6.07) is 6.29. The summed E-state index contributed by atoms with van der Waals surface area (Å²) < 4.78 is 0.924. The summed E-state index contributed by atoms with van der Waals surface area (Å²) in [4.78, 5) is 2.33. The monoisotopic (exact) mass is 304 g/mol. The summed E-state index contributed by atoms with van der Waals surface area (Å²) in [5.74, 6) is 0. The third-order valence-corrected chi connectivity index (χ3v) is 4.04. The molecule has 0 heterocycles. The summed E-state index contributed by atoms with van der Waals surface area (Å²) in [6.45, 7) is 6.89. The van der Waals surface area contributed by atoms with Crippen LogP contribution in [-0.2, 0) is 0 Å². The van der Waals surface area contributed by atoms with Gasteiger partial charge in [-0.2, -0.15) is 0 Å². The van der Waals surface area contributed by atoms with Gasteiger partial charge >= 0.3 is 0 Å². The number of rotatable bonds is 5. The van der Waals surface area contributed by atoms with Crippen molar-refractivity contribution >= 4 is 27.5 Å². The minimum atomic E-state index is 0.251. The molecule has 1 rings (SSSR count). The zero-order chi connectivity index (χ0) is 12.1. The molecule has 1 aromatic rings. The van der Waals surface area contributed by atoms with Crippen molar-refractivity contribution in [3.8, 4) is 0 Å². The Morgan fingerprint density at radius 1 is 1.38 bits per heavy atom. The lowest BCUT2D eigenvalue weighted by Crippen LogP contribution is -2.33. The second kappa shape index (κ2) is 6.60. The summed E-state index contributed by atoms with van der Waals surface area (Å²) in [5.41, 5.74) is 7.03. The van der Waals surface area contributed by atoms with Crippen LogP contribution in [0.2, 0.25) is 5.02 Å². The van der Waals surface area contributed by atoms with Crippen molar-refractivity contribution in [3.05, 3.63) is 33.3 Å². The highest BCUT2D eigenvalue weighted by molar-refractivity contribution is 9.10. The Balaban J connectivity index is 2.98. The van der Waals surface area contributed by atoms with Crippen molar-refractivity contribution in [1.82, 2.24) is 4.90 Å². The average Bonchev–Trinajstić information content (AvgIpc) is 2.29. The molecule has 1 unspecified atom stereocenters. The summed E-state index contributed by atoms with van der Waals surface area (Å²) in [5, 5.41) is 0.739. The van der Waals surface area contributed by atoms with Gasteiger partial charge in [0.15, 0.2) is 0 Å². The Labute approximate surface area is 111 Å². The number of nitrogens with two attached hydrogens (primary N) is 1. The van der Waals surface area contributed by atoms with Gasteiger partial charge in [-0.25, -0.2) is 0 Å². The predicted molar refractivity (Wildman–Crippen MR) is 73.9 cm³/mol. The van der Waals surface area contributed by atoms with Crippen molar-refractivity contribution in [1.29, 1.82) is 0 Å². The van der Waals surface area contributed by atoms with Crippen molar-refractivity contribution in [2.75, 3.05) is 19.6 Å². The van der Waals surface area contributed by atoms with Gasteiger partial charge in [0.25, 0.3) is 0 Å². The van der Waals surface area contributed by atoms with Gasteiger partial charge in [0, 0.05) is 17.1 Å². The van der Waals surface area contributed by atoms with Crippen LogP contribution in [0.1, 0.15) is 25.5 Å². The van der Waals surface area contributed by atoms with E-state index in [0.29, 0.717) is 6.54 Å². The molecular formula is C12H18BrClN2. The first-order valence-corrected chi connectivity index (χ1v) is 6.70. The zero-order valence-electron chi connectivity index (χ0n) is 9.71. The number of benzene rings is 1. The molecule has 0 bridgehead atoms. The lowest BCUT2D eigenvalue weighted by Gasteiger charge is -2.29. The van der Waals surface area contributed by atoms with Crippen molar-refractivity contribution in [2.24, 2.45) is 5.73 Å². The summed E-state index contributed by atoms with van der Waals surface area (Å²) in [7, 11) is 0. The molecule has 4 heteroatoms. The normalized spacial score (nSPS) is 13.1. The molecule has 2 N–H and O–H groups in total. The standard InChI is InChI=1S/C12H18BrClN2/c1-3-16(4-2)12(8-15)9-5-6-10(13)11(14)7-9/h5-7,12H,3-4,8,15H2,1-2H3. The quantitative estimate of drug-likeness (QED) is 0.903. The molecule has 0 spiro atoms. The number of hydrogen-bond donors (Lipinski definition) is 1. The van der Waals surface area contributed by atoms with Gasteiger partial charge in [-0.05, 0) is 46.7 Å². The van der Waals surface area contributed by atoms with E-state index in [1.807, 2.05) is 12.1 Å². The van der Waals surface area contributed by atoms with E-state index in [1.165, 1.54) is 5.56 Å². The minimum absolute atomic E-state index is 0.251. The molecule has 0 aliphatic carbocycles. The number of likely N-dealkylation sites (N-methyl/N-ethyl adjacent to an activating group) is 1. The van der Waals surface area contributed by atoms with Crippen LogP contribution in [0.3, 0.4) is 0 Å². The van der Waals surface area contributed by atoms with E-state index in [0.717, 1.165) is 22.6 Å². The van der Waals surface area contributed by atoms with Gasteiger partial charge in [-0.1, -0.05) is 31.5 Å². The second-order valence-corrected chi connectivity index (χ2v) is 4.91. The number of hydrogen-bond acceptors (Lipinski definition) is 2. The molecular weight excluding hydrogens is 288 g/mol. The third kappa shape index (κ3) is 3.20. The first-order chi connectivity index (χ1) is 7.63. The van der Waals surface area contributed by atoms with E-state index in [1.54, 1.807) is 0 Å². The van der Waals surface area contributed by atoms with E-state index in [-0.39, 0.29) is 6.04 Å². The molecule has 0 aliphatic heterocycles. The van der Waals surface area contributed by atoms with Gasteiger partial charge < -0.3 is 5.73 Å². The molecule has 0 aromatic heterocycles. The molecule has 16 heavy (non-hydrogen) atoms. The maximum absolute atomic E-state index is 6.10. The van der Waals surface area contributed by atoms with Crippen molar-refractivity contribution in [3.63, 3.8) is 0 Å². The van der Waals surface area contributed by atoms with Crippen molar-refractivity contribution < 1.29 is 0 Å². The third-order valence-electron chi connectivity index (χ3n) is 2.80. The SMILES string of the molecule is CCN(CC)C(CN)c1ccc(Br)c(Cl)c1. The van der Waals surface area contributed by atoms with Crippen LogP contribution in [0.25, 0.3) is 0 Å². The fourth-order valence-electron chi connectivity index (χ4n) is 1.88. The van der Waals surface area contributed by atoms with Crippen LogP contribution >= 0.6 is 27.5 Å². The van der Waals surface area contributed by atoms with Crippen LogP contribution in [0.5, 0.6) is 0 Å². The van der Waals surface area contributed by atoms with Gasteiger partial charge in [0.2, 0.25) is 0 Å². The smallest absolute Gasteiger partial charge is 0.0551 e. The fraction of sp³-hybridized carbons (Fsp3) is 0.500. The fourth-order valence-corrected chi connectivity index (χ4v) is 2.32.